The number of halogens is 1. The van der Waals surface area contributed by atoms with Gasteiger partial charge in [-0.15, -0.1) is 5.10 Å². The maximum Gasteiger partial charge on any atom is 0.267 e. The summed E-state index contributed by atoms with van der Waals surface area (Å²) in [6.07, 6.45) is 2.45. The molecule has 3 heterocycles. The molecule has 172 valence electrons. The van der Waals surface area contributed by atoms with Gasteiger partial charge in [-0.2, -0.15) is 0 Å². The largest absolute Gasteiger partial charge is 0.494 e. The first kappa shape index (κ1) is 22.8. The van der Waals surface area contributed by atoms with E-state index < -0.39 is 0 Å². The number of hydrogen-bond acceptors (Lipinski definition) is 8. The molecule has 0 saturated carbocycles. The number of hydrogen-bond donors (Lipinski definition) is 0. The van der Waals surface area contributed by atoms with Crippen LogP contribution in [0.15, 0.2) is 18.3 Å². The Morgan fingerprint density at radius 3 is 2.78 bits per heavy atom. The Balaban J connectivity index is 1.65. The van der Waals surface area contributed by atoms with Gasteiger partial charge in [-0.3, -0.25) is 19.3 Å². The second-order valence-corrected chi connectivity index (χ2v) is 8.80. The maximum absolute atomic E-state index is 13.6. The van der Waals surface area contributed by atoms with E-state index in [-0.39, 0.29) is 11.8 Å². The van der Waals surface area contributed by atoms with Crippen molar-refractivity contribution in [2.75, 3.05) is 58.5 Å². The van der Waals surface area contributed by atoms with Gasteiger partial charge in [0.15, 0.2) is 5.13 Å². The molecular formula is C21H26ClN5O4S. The predicted molar refractivity (Wildman–Crippen MR) is 124 cm³/mol. The molecule has 1 fully saturated rings. The fourth-order valence-corrected chi connectivity index (χ4v) is 4.97. The summed E-state index contributed by atoms with van der Waals surface area (Å²) < 4.78 is 18.6. The summed E-state index contributed by atoms with van der Waals surface area (Å²) in [4.78, 5) is 22.4. The monoisotopic (exact) mass is 479 g/mol. The molecule has 1 amide bonds. The van der Waals surface area contributed by atoms with Crippen molar-refractivity contribution in [1.29, 1.82) is 0 Å². The van der Waals surface area contributed by atoms with Crippen LogP contribution < -0.4 is 14.4 Å². The lowest BCUT2D eigenvalue weighted by molar-refractivity contribution is 0.0376. The molecule has 1 aromatic carbocycles. The van der Waals surface area contributed by atoms with E-state index in [2.05, 4.69) is 10.00 Å². The Morgan fingerprint density at radius 1 is 1.28 bits per heavy atom. The number of nitrogens with zero attached hydrogens (tertiary/aromatic N) is 5. The Kier molecular flexibility index (Phi) is 7.14. The van der Waals surface area contributed by atoms with Crippen LogP contribution in [0.1, 0.15) is 16.8 Å². The number of anilines is 1. The highest BCUT2D eigenvalue weighted by Gasteiger charge is 2.27. The molecule has 0 bridgehead atoms. The van der Waals surface area contributed by atoms with Crippen LogP contribution in [-0.2, 0) is 11.8 Å². The molecule has 1 aliphatic rings. The first-order chi connectivity index (χ1) is 15.5. The maximum atomic E-state index is 13.6. The van der Waals surface area contributed by atoms with E-state index in [4.69, 9.17) is 30.8 Å². The zero-order valence-corrected chi connectivity index (χ0v) is 19.9. The topological polar surface area (TPSA) is 82.0 Å². The molecule has 1 saturated heterocycles. The normalized spacial score (nSPS) is 14.6. The standard InChI is InChI=1S/C21H26ClN5O4S/c1-25-13-14(19(24-25)30-3)20(28)27(8-4-7-26-9-11-31-12-10-26)21-23-17-16(29-2)6-5-15(22)18(17)32-21/h5-6,13H,4,7-12H2,1-3H3. The van der Waals surface area contributed by atoms with E-state index in [0.717, 1.165) is 44.0 Å². The van der Waals surface area contributed by atoms with E-state index in [9.17, 15) is 4.79 Å². The average Bonchev–Trinajstić information content (AvgIpc) is 3.41. The molecule has 11 heteroatoms. The lowest BCUT2D eigenvalue weighted by Crippen LogP contribution is -2.39. The van der Waals surface area contributed by atoms with Gasteiger partial charge in [-0.25, -0.2) is 4.98 Å². The molecule has 3 aromatic rings. The number of carbonyl (C=O) groups is 1. The van der Waals surface area contributed by atoms with Crippen LogP contribution in [0.25, 0.3) is 10.2 Å². The van der Waals surface area contributed by atoms with Crippen molar-refractivity contribution in [2.24, 2.45) is 7.05 Å². The van der Waals surface area contributed by atoms with Crippen LogP contribution >= 0.6 is 22.9 Å². The Bertz CT molecular complexity index is 1100. The van der Waals surface area contributed by atoms with Crippen molar-refractivity contribution in [3.63, 3.8) is 0 Å². The Hall–Kier alpha value is -2.40. The second-order valence-electron chi connectivity index (χ2n) is 7.41. The van der Waals surface area contributed by atoms with Crippen molar-refractivity contribution in [3.8, 4) is 11.6 Å². The van der Waals surface area contributed by atoms with E-state index in [0.29, 0.717) is 33.5 Å². The van der Waals surface area contributed by atoms with Crippen LogP contribution in [0.2, 0.25) is 5.02 Å². The molecular weight excluding hydrogens is 454 g/mol. The van der Waals surface area contributed by atoms with Crippen molar-refractivity contribution in [3.05, 3.63) is 28.9 Å². The summed E-state index contributed by atoms with van der Waals surface area (Å²) in [5, 5.41) is 5.36. The minimum atomic E-state index is -0.217. The summed E-state index contributed by atoms with van der Waals surface area (Å²) in [7, 11) is 4.85. The van der Waals surface area contributed by atoms with E-state index in [1.54, 1.807) is 42.1 Å². The molecule has 32 heavy (non-hydrogen) atoms. The van der Waals surface area contributed by atoms with Crippen molar-refractivity contribution in [1.82, 2.24) is 19.7 Å². The zero-order valence-electron chi connectivity index (χ0n) is 18.3. The quantitative estimate of drug-likeness (QED) is 0.491. The van der Waals surface area contributed by atoms with Crippen LogP contribution in [0.5, 0.6) is 11.6 Å². The van der Waals surface area contributed by atoms with Gasteiger partial charge in [-0.05, 0) is 18.6 Å². The molecule has 9 nitrogen and oxygen atoms in total. The van der Waals surface area contributed by atoms with Gasteiger partial charge in [0.25, 0.3) is 5.91 Å². The predicted octanol–water partition coefficient (Wildman–Crippen LogP) is 3.07. The third-order valence-electron chi connectivity index (χ3n) is 5.32. The number of rotatable bonds is 8. The minimum Gasteiger partial charge on any atom is -0.494 e. The molecule has 0 N–H and O–H groups in total. The van der Waals surface area contributed by atoms with Gasteiger partial charge in [0, 0.05) is 39.4 Å². The van der Waals surface area contributed by atoms with Crippen LogP contribution in [0.4, 0.5) is 5.13 Å². The number of aryl methyl sites for hydroxylation is 1. The number of benzene rings is 1. The first-order valence-electron chi connectivity index (χ1n) is 10.3. The van der Waals surface area contributed by atoms with Crippen molar-refractivity contribution in [2.45, 2.75) is 6.42 Å². The van der Waals surface area contributed by atoms with Crippen molar-refractivity contribution < 1.29 is 19.0 Å². The van der Waals surface area contributed by atoms with E-state index >= 15 is 0 Å². The lowest BCUT2D eigenvalue weighted by atomic mass is 10.2. The summed E-state index contributed by atoms with van der Waals surface area (Å²) in [6.45, 7) is 4.65. The number of carbonyl (C=O) groups excluding carboxylic acids is 1. The van der Waals surface area contributed by atoms with Gasteiger partial charge in [0.05, 0.1) is 37.2 Å². The highest BCUT2D eigenvalue weighted by molar-refractivity contribution is 7.23. The highest BCUT2D eigenvalue weighted by atomic mass is 35.5. The molecule has 4 rings (SSSR count). The third kappa shape index (κ3) is 4.68. The van der Waals surface area contributed by atoms with Crippen molar-refractivity contribution >= 4 is 44.2 Å². The summed E-state index contributed by atoms with van der Waals surface area (Å²) in [5.41, 5.74) is 1.03. The van der Waals surface area contributed by atoms with E-state index in [1.165, 1.54) is 18.4 Å². The SMILES string of the molecule is COc1nn(C)cc1C(=O)N(CCCN1CCOCC1)c1nc2c(OC)ccc(Cl)c2s1. The average molecular weight is 480 g/mol. The van der Waals surface area contributed by atoms with Crippen LogP contribution in [0.3, 0.4) is 0 Å². The Morgan fingerprint density at radius 2 is 2.06 bits per heavy atom. The molecule has 0 unspecified atom stereocenters. The second kappa shape index (κ2) is 10.0. The number of ether oxygens (including phenoxy) is 3. The number of aromatic nitrogens is 3. The fraction of sp³-hybridized carbons (Fsp3) is 0.476. The zero-order chi connectivity index (χ0) is 22.7. The number of fused-ring (bicyclic) bond motifs is 1. The number of thiazole rings is 1. The van der Waals surface area contributed by atoms with E-state index in [1.807, 2.05) is 0 Å². The highest BCUT2D eigenvalue weighted by Crippen LogP contribution is 2.39. The third-order valence-corrected chi connectivity index (χ3v) is 6.86. The summed E-state index contributed by atoms with van der Waals surface area (Å²) in [5.74, 6) is 0.685. The van der Waals surface area contributed by atoms with Crippen LogP contribution in [-0.4, -0.2) is 79.2 Å². The summed E-state index contributed by atoms with van der Waals surface area (Å²) >= 11 is 7.79. The molecule has 0 radical (unpaired) electrons. The lowest BCUT2D eigenvalue weighted by Gasteiger charge is -2.27. The smallest absolute Gasteiger partial charge is 0.267 e. The molecule has 1 aliphatic heterocycles. The minimum absolute atomic E-state index is 0.217. The van der Waals surface area contributed by atoms with Gasteiger partial charge < -0.3 is 14.2 Å². The van der Waals surface area contributed by atoms with Gasteiger partial charge in [0.2, 0.25) is 5.88 Å². The number of morpholine rings is 1. The number of methoxy groups -OCH3 is 2. The van der Waals surface area contributed by atoms with Crippen LogP contribution in [0, 0.1) is 0 Å². The summed E-state index contributed by atoms with van der Waals surface area (Å²) in [6, 6.07) is 3.56. The van der Waals surface area contributed by atoms with Gasteiger partial charge >= 0.3 is 0 Å². The molecule has 0 atom stereocenters. The molecule has 0 spiro atoms. The fourth-order valence-electron chi connectivity index (χ4n) is 3.69. The molecule has 2 aromatic heterocycles. The van der Waals surface area contributed by atoms with Gasteiger partial charge in [0.1, 0.15) is 16.8 Å². The van der Waals surface area contributed by atoms with Gasteiger partial charge in [-0.1, -0.05) is 22.9 Å². The molecule has 0 aliphatic carbocycles. The Labute approximate surface area is 195 Å². The number of amides is 1. The first-order valence-corrected chi connectivity index (χ1v) is 11.5.